The van der Waals surface area contributed by atoms with Crippen molar-refractivity contribution in [2.45, 2.75) is 19.1 Å². The molecular formula is C21H21N5O5S. The van der Waals surface area contributed by atoms with E-state index in [2.05, 4.69) is 15.6 Å². The predicted octanol–water partition coefficient (Wildman–Crippen LogP) is 2.77. The van der Waals surface area contributed by atoms with Crippen LogP contribution in [-0.4, -0.2) is 49.8 Å². The summed E-state index contributed by atoms with van der Waals surface area (Å²) in [4.78, 5) is 35.5. The summed E-state index contributed by atoms with van der Waals surface area (Å²) in [5.41, 5.74) is 1.16. The normalized spacial score (nSPS) is 11.5. The maximum Gasteiger partial charge on any atom is 0.329 e. The molecule has 0 fully saturated rings. The molecule has 1 N–H and O–H groups in total. The third-order valence-corrected chi connectivity index (χ3v) is 5.09. The summed E-state index contributed by atoms with van der Waals surface area (Å²) < 4.78 is 6.92. The van der Waals surface area contributed by atoms with Gasteiger partial charge in [0.05, 0.1) is 16.8 Å². The standard InChI is InChI=1S/C21H21N5O5S/c1-32-11-10-19(22-20(27)15-6-5-9-18(12-15)26(29)30)21(28)31-14-16-13-25(24-23-16)17-7-3-2-4-8-17/h2-9,12-13,19H,10-11,14H2,1H3,(H,22,27)/t19-/m1/s1. The van der Waals surface area contributed by atoms with Gasteiger partial charge in [-0.1, -0.05) is 29.5 Å². The number of nitrogens with zero attached hydrogens (tertiary/aromatic N) is 4. The van der Waals surface area contributed by atoms with Gasteiger partial charge in [-0.15, -0.1) is 5.10 Å². The van der Waals surface area contributed by atoms with Crippen molar-refractivity contribution in [1.29, 1.82) is 0 Å². The van der Waals surface area contributed by atoms with Gasteiger partial charge < -0.3 is 10.1 Å². The van der Waals surface area contributed by atoms with Crippen molar-refractivity contribution in [2.75, 3.05) is 12.0 Å². The number of rotatable bonds is 10. The van der Waals surface area contributed by atoms with Gasteiger partial charge in [-0.3, -0.25) is 14.9 Å². The molecule has 1 heterocycles. The highest BCUT2D eigenvalue weighted by Gasteiger charge is 2.24. The van der Waals surface area contributed by atoms with Crippen LogP contribution in [0.3, 0.4) is 0 Å². The fourth-order valence-corrected chi connectivity index (χ4v) is 3.28. The average Bonchev–Trinajstić information content (AvgIpc) is 3.30. The zero-order chi connectivity index (χ0) is 22.9. The number of aromatic nitrogens is 3. The predicted molar refractivity (Wildman–Crippen MR) is 119 cm³/mol. The van der Waals surface area contributed by atoms with Crippen LogP contribution in [0.15, 0.2) is 60.8 Å². The van der Waals surface area contributed by atoms with Crippen molar-refractivity contribution >= 4 is 29.3 Å². The Labute approximate surface area is 188 Å². The van der Waals surface area contributed by atoms with Gasteiger partial charge in [0.25, 0.3) is 11.6 Å². The Hall–Kier alpha value is -3.73. The van der Waals surface area contributed by atoms with Gasteiger partial charge in [0.2, 0.25) is 0 Å². The molecule has 1 amide bonds. The van der Waals surface area contributed by atoms with Crippen LogP contribution in [0, 0.1) is 10.1 Å². The van der Waals surface area contributed by atoms with E-state index in [0.29, 0.717) is 17.9 Å². The average molecular weight is 455 g/mol. The molecule has 2 aromatic carbocycles. The number of nitrogens with one attached hydrogen (secondary N) is 1. The smallest absolute Gasteiger partial charge is 0.329 e. The van der Waals surface area contributed by atoms with Crippen LogP contribution in [0.2, 0.25) is 0 Å². The summed E-state index contributed by atoms with van der Waals surface area (Å²) in [6.07, 6.45) is 3.88. The number of carbonyl (C=O) groups is 2. The number of nitro groups is 1. The second-order valence-corrected chi connectivity index (χ2v) is 7.70. The number of thioether (sulfide) groups is 1. The molecule has 3 aromatic rings. The van der Waals surface area contributed by atoms with Crippen LogP contribution < -0.4 is 5.32 Å². The summed E-state index contributed by atoms with van der Waals surface area (Å²) in [6, 6.07) is 13.8. The Morgan fingerprint density at radius 3 is 2.72 bits per heavy atom. The molecule has 1 aromatic heterocycles. The summed E-state index contributed by atoms with van der Waals surface area (Å²) in [5, 5.41) is 21.6. The number of para-hydroxylation sites is 1. The Bertz CT molecular complexity index is 1090. The van der Waals surface area contributed by atoms with E-state index in [-0.39, 0.29) is 17.9 Å². The number of hydrogen-bond donors (Lipinski definition) is 1. The third-order valence-electron chi connectivity index (χ3n) is 4.44. The lowest BCUT2D eigenvalue weighted by atomic mass is 10.1. The molecule has 0 aliphatic rings. The molecule has 3 rings (SSSR count). The molecule has 1 atom stereocenters. The second kappa shape index (κ2) is 11.0. The highest BCUT2D eigenvalue weighted by molar-refractivity contribution is 7.98. The largest absolute Gasteiger partial charge is 0.458 e. The van der Waals surface area contributed by atoms with Gasteiger partial charge in [0.1, 0.15) is 18.3 Å². The SMILES string of the molecule is CSCC[C@@H](NC(=O)c1cccc([N+](=O)[O-])c1)C(=O)OCc1cn(-c2ccccc2)nn1. The van der Waals surface area contributed by atoms with Gasteiger partial charge >= 0.3 is 5.97 Å². The molecule has 11 heteroatoms. The van der Waals surface area contributed by atoms with Crippen LogP contribution in [-0.2, 0) is 16.1 Å². The molecule has 0 bridgehead atoms. The quantitative estimate of drug-likeness (QED) is 0.281. The van der Waals surface area contributed by atoms with Crippen LogP contribution in [0.5, 0.6) is 0 Å². The van der Waals surface area contributed by atoms with E-state index in [1.54, 1.807) is 10.9 Å². The van der Waals surface area contributed by atoms with Crippen molar-refractivity contribution in [2.24, 2.45) is 0 Å². The minimum atomic E-state index is -0.904. The van der Waals surface area contributed by atoms with Crippen molar-refractivity contribution in [1.82, 2.24) is 20.3 Å². The number of esters is 1. The van der Waals surface area contributed by atoms with Gasteiger partial charge in [-0.2, -0.15) is 11.8 Å². The molecule has 166 valence electrons. The molecule has 10 nitrogen and oxygen atoms in total. The molecule has 32 heavy (non-hydrogen) atoms. The van der Waals surface area contributed by atoms with Gasteiger partial charge in [0.15, 0.2) is 0 Å². The van der Waals surface area contributed by atoms with Crippen LogP contribution in [0.25, 0.3) is 5.69 Å². The van der Waals surface area contributed by atoms with Crippen LogP contribution in [0.4, 0.5) is 5.69 Å². The lowest BCUT2D eigenvalue weighted by Gasteiger charge is -2.17. The van der Waals surface area contributed by atoms with Crippen molar-refractivity contribution < 1.29 is 19.2 Å². The number of carbonyl (C=O) groups excluding carboxylic acids is 2. The van der Waals surface area contributed by atoms with E-state index < -0.39 is 22.8 Å². The van der Waals surface area contributed by atoms with Gasteiger partial charge in [-0.25, -0.2) is 9.48 Å². The molecular weight excluding hydrogens is 434 g/mol. The molecule has 0 unspecified atom stereocenters. The number of ether oxygens (including phenoxy) is 1. The van der Waals surface area contributed by atoms with Crippen molar-refractivity contribution in [3.8, 4) is 5.69 Å². The first-order chi connectivity index (χ1) is 15.5. The van der Waals surface area contributed by atoms with E-state index in [1.165, 1.54) is 30.0 Å². The summed E-state index contributed by atoms with van der Waals surface area (Å²) in [7, 11) is 0. The topological polar surface area (TPSA) is 129 Å². The van der Waals surface area contributed by atoms with Crippen molar-refractivity contribution in [3.63, 3.8) is 0 Å². The highest BCUT2D eigenvalue weighted by Crippen LogP contribution is 2.14. The van der Waals surface area contributed by atoms with Gasteiger partial charge in [0, 0.05) is 17.7 Å². The minimum Gasteiger partial charge on any atom is -0.458 e. The van der Waals surface area contributed by atoms with E-state index in [9.17, 15) is 19.7 Å². The number of nitro benzene ring substituents is 1. The zero-order valence-corrected chi connectivity index (χ0v) is 18.0. The van der Waals surface area contributed by atoms with Gasteiger partial charge in [-0.05, 0) is 36.6 Å². The first-order valence-electron chi connectivity index (χ1n) is 9.65. The first-order valence-corrected chi connectivity index (χ1v) is 11.0. The van der Waals surface area contributed by atoms with Crippen LogP contribution >= 0.6 is 11.8 Å². The number of hydrogen-bond acceptors (Lipinski definition) is 8. The second-order valence-electron chi connectivity index (χ2n) is 6.71. The Balaban J connectivity index is 1.63. The lowest BCUT2D eigenvalue weighted by Crippen LogP contribution is -2.42. The maximum absolute atomic E-state index is 12.6. The molecule has 0 aliphatic heterocycles. The maximum atomic E-state index is 12.6. The van der Waals surface area contributed by atoms with Crippen LogP contribution in [0.1, 0.15) is 22.5 Å². The number of non-ortho nitro benzene ring substituents is 1. The lowest BCUT2D eigenvalue weighted by molar-refractivity contribution is -0.384. The Morgan fingerprint density at radius 1 is 1.22 bits per heavy atom. The van der Waals surface area contributed by atoms with E-state index in [4.69, 9.17) is 4.74 Å². The fourth-order valence-electron chi connectivity index (χ4n) is 2.80. The first kappa shape index (κ1) is 22.9. The molecule has 0 radical (unpaired) electrons. The molecule has 0 aliphatic carbocycles. The zero-order valence-electron chi connectivity index (χ0n) is 17.2. The Morgan fingerprint density at radius 2 is 2.00 bits per heavy atom. The van der Waals surface area contributed by atoms with E-state index in [1.807, 2.05) is 36.6 Å². The van der Waals surface area contributed by atoms with E-state index in [0.717, 1.165) is 11.8 Å². The summed E-state index contributed by atoms with van der Waals surface area (Å²) in [5.74, 6) is -0.599. The summed E-state index contributed by atoms with van der Waals surface area (Å²) in [6.45, 7) is -0.103. The highest BCUT2D eigenvalue weighted by atomic mass is 32.2. The van der Waals surface area contributed by atoms with Crippen molar-refractivity contribution in [3.05, 3.63) is 82.2 Å². The number of benzene rings is 2. The molecule has 0 saturated heterocycles. The minimum absolute atomic E-state index is 0.0898. The van der Waals surface area contributed by atoms with E-state index >= 15 is 0 Å². The number of amides is 1. The fraction of sp³-hybridized carbons (Fsp3) is 0.238. The monoisotopic (exact) mass is 455 g/mol. The molecule has 0 saturated carbocycles. The third kappa shape index (κ3) is 6.14. The molecule has 0 spiro atoms. The Kier molecular flexibility index (Phi) is 7.92. The summed E-state index contributed by atoms with van der Waals surface area (Å²) >= 11 is 1.52.